The molecule has 33 heavy (non-hydrogen) atoms. The molecule has 0 N–H and O–H groups in total. The van der Waals surface area contributed by atoms with Crippen LogP contribution in [0.3, 0.4) is 0 Å². The lowest BCUT2D eigenvalue weighted by Gasteiger charge is -2.19. The molecule has 1 heterocycles. The number of aromatic nitrogens is 2. The first-order valence-corrected chi connectivity index (χ1v) is 11.3. The zero-order valence-electron chi connectivity index (χ0n) is 20.8. The lowest BCUT2D eigenvalue weighted by atomic mass is 9.86. The van der Waals surface area contributed by atoms with Crippen molar-refractivity contribution in [1.29, 1.82) is 5.26 Å². The normalized spacial score (nSPS) is 13.0. The van der Waals surface area contributed by atoms with Gasteiger partial charge in [-0.1, -0.05) is 65.3 Å². The van der Waals surface area contributed by atoms with Gasteiger partial charge in [0.25, 0.3) is 0 Å². The summed E-state index contributed by atoms with van der Waals surface area (Å²) in [5.74, 6) is 0.551. The van der Waals surface area contributed by atoms with Crippen LogP contribution in [0.4, 0.5) is 4.79 Å². The smallest absolute Gasteiger partial charge is 0.454 e. The monoisotopic (exact) mass is 453 g/mol. The van der Waals surface area contributed by atoms with Crippen molar-refractivity contribution in [3.8, 4) is 6.07 Å². The number of hydrogen-bond acceptors (Lipinski definition) is 6. The zero-order chi connectivity index (χ0) is 24.6. The lowest BCUT2D eigenvalue weighted by Crippen LogP contribution is -2.15. The van der Waals surface area contributed by atoms with Crippen LogP contribution in [0.2, 0.25) is 0 Å². The van der Waals surface area contributed by atoms with Gasteiger partial charge in [-0.3, -0.25) is 4.68 Å². The molecule has 0 aliphatic heterocycles. The first-order chi connectivity index (χ1) is 15.6. The number of benzene rings is 1. The van der Waals surface area contributed by atoms with E-state index in [1.54, 1.807) is 4.68 Å². The highest BCUT2D eigenvalue weighted by molar-refractivity contribution is 5.94. The number of aryl methyl sites for hydroxylation is 2. The average Bonchev–Trinajstić information content (AvgIpc) is 3.16. The molecule has 0 aliphatic carbocycles. The highest BCUT2D eigenvalue weighted by atomic mass is 16.8. The number of nitriles is 1. The number of rotatable bonds is 9. The molecule has 0 radical (unpaired) electrons. The Labute approximate surface area is 197 Å². The molecule has 0 saturated heterocycles. The molecule has 7 nitrogen and oxygen atoms in total. The summed E-state index contributed by atoms with van der Waals surface area (Å²) >= 11 is 0. The quantitative estimate of drug-likeness (QED) is 0.198. The molecule has 0 bridgehead atoms. The topological polar surface area (TPSA) is 86.4 Å². The van der Waals surface area contributed by atoms with Crippen molar-refractivity contribution in [2.24, 2.45) is 5.92 Å². The van der Waals surface area contributed by atoms with Crippen molar-refractivity contribution < 1.29 is 19.0 Å². The van der Waals surface area contributed by atoms with Crippen LogP contribution in [0, 0.1) is 24.2 Å². The number of carbonyl (C=O) groups excluding carboxylic acids is 1. The second kappa shape index (κ2) is 11.6. The minimum absolute atomic E-state index is 0.00417. The van der Waals surface area contributed by atoms with Crippen molar-refractivity contribution in [3.05, 3.63) is 52.8 Å². The van der Waals surface area contributed by atoms with Gasteiger partial charge in [0, 0.05) is 6.54 Å². The highest BCUT2D eigenvalue weighted by Crippen LogP contribution is 2.30. The fourth-order valence-electron chi connectivity index (χ4n) is 3.13. The third-order valence-corrected chi connectivity index (χ3v) is 5.38. The van der Waals surface area contributed by atoms with E-state index >= 15 is 0 Å². The summed E-state index contributed by atoms with van der Waals surface area (Å²) in [6, 6.07) is 11.9. The van der Waals surface area contributed by atoms with Crippen molar-refractivity contribution in [3.63, 3.8) is 0 Å². The van der Waals surface area contributed by atoms with E-state index in [2.05, 4.69) is 31.9 Å². The second-order valence-corrected chi connectivity index (χ2v) is 9.11. The van der Waals surface area contributed by atoms with Crippen LogP contribution in [0.15, 0.2) is 30.3 Å². The molecule has 0 saturated carbocycles. The van der Waals surface area contributed by atoms with Crippen LogP contribution in [0.1, 0.15) is 70.5 Å². The van der Waals surface area contributed by atoms with Gasteiger partial charge in [-0.15, -0.1) is 0 Å². The van der Waals surface area contributed by atoms with Crippen LogP contribution >= 0.6 is 0 Å². The van der Waals surface area contributed by atoms with Crippen LogP contribution in [0.25, 0.3) is 11.3 Å². The number of ether oxygens (including phenoxy) is 3. The molecule has 1 atom stereocenters. The van der Waals surface area contributed by atoms with E-state index in [1.165, 1.54) is 0 Å². The van der Waals surface area contributed by atoms with E-state index in [0.717, 1.165) is 17.7 Å². The summed E-state index contributed by atoms with van der Waals surface area (Å²) in [5, 5.41) is 14.5. The number of allylic oxidation sites excluding steroid dienone is 1. The predicted molar refractivity (Wildman–Crippen MR) is 128 cm³/mol. The summed E-state index contributed by atoms with van der Waals surface area (Å²) in [6.07, 6.45) is 0.0965. The molecule has 0 fully saturated rings. The molecule has 2 aromatic rings. The van der Waals surface area contributed by atoms with Crippen LogP contribution < -0.4 is 0 Å². The van der Waals surface area contributed by atoms with E-state index in [0.29, 0.717) is 29.1 Å². The van der Waals surface area contributed by atoms with Gasteiger partial charge in [0.2, 0.25) is 6.79 Å². The molecular weight excluding hydrogens is 418 g/mol. The van der Waals surface area contributed by atoms with Gasteiger partial charge >= 0.3 is 6.16 Å². The summed E-state index contributed by atoms with van der Waals surface area (Å²) in [4.78, 5) is 11.9. The fraction of sp³-hybridized carbons (Fsp3) is 0.500. The van der Waals surface area contributed by atoms with E-state index in [1.807, 2.05) is 58.0 Å². The summed E-state index contributed by atoms with van der Waals surface area (Å²) in [7, 11) is 0. The Morgan fingerprint density at radius 3 is 2.36 bits per heavy atom. The Morgan fingerprint density at radius 1 is 1.15 bits per heavy atom. The molecule has 0 aliphatic rings. The molecule has 2 rings (SSSR count). The second-order valence-electron chi connectivity index (χ2n) is 9.11. The summed E-state index contributed by atoms with van der Waals surface area (Å²) in [5.41, 5.74) is 3.64. The van der Waals surface area contributed by atoms with Crippen LogP contribution in [0.5, 0.6) is 0 Å². The fourth-order valence-corrected chi connectivity index (χ4v) is 3.13. The Hall–Kier alpha value is -3.27. The lowest BCUT2D eigenvalue weighted by molar-refractivity contribution is -0.0104. The third-order valence-electron chi connectivity index (χ3n) is 5.38. The summed E-state index contributed by atoms with van der Waals surface area (Å²) in [6.45, 7) is 14.7. The van der Waals surface area contributed by atoms with E-state index < -0.39 is 6.16 Å². The number of nitrogens with zero attached hydrogens (tertiary/aromatic N) is 3. The van der Waals surface area contributed by atoms with Crippen molar-refractivity contribution in [2.45, 2.75) is 66.8 Å². The maximum Gasteiger partial charge on any atom is 0.511 e. The van der Waals surface area contributed by atoms with Crippen LogP contribution in [-0.2, 0) is 26.2 Å². The van der Waals surface area contributed by atoms with Gasteiger partial charge in [-0.2, -0.15) is 10.4 Å². The molecule has 0 amide bonds. The first-order valence-electron chi connectivity index (χ1n) is 11.3. The van der Waals surface area contributed by atoms with Gasteiger partial charge < -0.3 is 14.2 Å². The van der Waals surface area contributed by atoms with Crippen molar-refractivity contribution in [1.82, 2.24) is 9.78 Å². The Bertz CT molecular complexity index is 1010. The Morgan fingerprint density at radius 2 is 1.82 bits per heavy atom. The number of carbonyl (C=O) groups is 1. The minimum atomic E-state index is -0.803. The minimum Gasteiger partial charge on any atom is -0.454 e. The maximum atomic E-state index is 11.9. The molecule has 1 unspecified atom stereocenters. The van der Waals surface area contributed by atoms with Gasteiger partial charge in [-0.05, 0) is 42.4 Å². The van der Waals surface area contributed by atoms with E-state index in [-0.39, 0.29) is 24.7 Å². The van der Waals surface area contributed by atoms with Crippen LogP contribution in [-0.4, -0.2) is 29.3 Å². The molecule has 0 spiro atoms. The number of hydrogen-bond donors (Lipinski definition) is 0. The van der Waals surface area contributed by atoms with Gasteiger partial charge in [-0.25, -0.2) is 4.79 Å². The SMILES string of the molecule is CCC(C)COC(=O)OCO/C(=C(/C#N)c1ccc(C(C)(C)C)cc1)c1cc(C)nn1CC. The molecule has 1 aromatic carbocycles. The van der Waals surface area contributed by atoms with E-state index in [4.69, 9.17) is 14.2 Å². The van der Waals surface area contributed by atoms with Gasteiger partial charge in [0.1, 0.15) is 17.3 Å². The van der Waals surface area contributed by atoms with E-state index in [9.17, 15) is 10.1 Å². The molecule has 7 heteroatoms. The van der Waals surface area contributed by atoms with Crippen molar-refractivity contribution in [2.75, 3.05) is 13.4 Å². The standard InChI is InChI=1S/C26H35N3O4/c1-8-18(3)16-31-25(30)33-17-32-24(23-14-19(4)28-29(23)9-2)22(15-27)20-10-12-21(13-11-20)26(5,6)7/h10-14,18H,8-9,16-17H2,1-7H3/b24-22-. The zero-order valence-corrected chi connectivity index (χ0v) is 20.8. The maximum absolute atomic E-state index is 11.9. The molecular formula is C26H35N3O4. The highest BCUT2D eigenvalue weighted by Gasteiger charge is 2.20. The van der Waals surface area contributed by atoms with Crippen molar-refractivity contribution >= 4 is 17.5 Å². The average molecular weight is 454 g/mol. The Balaban J connectivity index is 2.36. The largest absolute Gasteiger partial charge is 0.511 e. The van der Waals surface area contributed by atoms with Gasteiger partial charge in [0.15, 0.2) is 5.76 Å². The molecule has 178 valence electrons. The molecule has 1 aromatic heterocycles. The Kier molecular flexibility index (Phi) is 9.10. The summed E-state index contributed by atoms with van der Waals surface area (Å²) < 4.78 is 17.8. The predicted octanol–water partition coefficient (Wildman–Crippen LogP) is 6.07. The third kappa shape index (κ3) is 7.11. The first kappa shape index (κ1) is 26.0. The van der Waals surface area contributed by atoms with Gasteiger partial charge in [0.05, 0.1) is 12.3 Å².